The van der Waals surface area contributed by atoms with Gasteiger partial charge >= 0.3 is 5.97 Å². The maximum atomic E-state index is 13.4. The van der Waals surface area contributed by atoms with E-state index < -0.39 is 5.97 Å². The van der Waals surface area contributed by atoms with Gasteiger partial charge in [0.15, 0.2) is 0 Å². The molecule has 1 N–H and O–H groups in total. The molecule has 1 aliphatic heterocycles. The normalized spacial score (nSPS) is 19.1. The molecule has 1 atom stereocenters. The number of fused-ring (bicyclic) bond motifs is 1. The van der Waals surface area contributed by atoms with Crippen LogP contribution in [0.3, 0.4) is 0 Å². The lowest BCUT2D eigenvalue weighted by Gasteiger charge is -2.33. The average Bonchev–Trinajstić information content (AvgIpc) is 3.63. The zero-order valence-corrected chi connectivity index (χ0v) is 16.6. The van der Waals surface area contributed by atoms with Crippen molar-refractivity contribution in [3.63, 3.8) is 0 Å². The molecule has 0 radical (unpaired) electrons. The number of benzene rings is 3. The van der Waals surface area contributed by atoms with Gasteiger partial charge in [-0.15, -0.1) is 0 Å². The van der Waals surface area contributed by atoms with Crippen molar-refractivity contribution in [1.82, 2.24) is 4.90 Å². The Balaban J connectivity index is 1.53. The molecule has 1 saturated carbocycles. The van der Waals surface area contributed by atoms with Crippen molar-refractivity contribution in [2.75, 3.05) is 19.7 Å². The lowest BCUT2D eigenvalue weighted by Crippen LogP contribution is -2.46. The molecule has 1 aliphatic carbocycles. The topological polar surface area (TPSA) is 66.8 Å². The minimum atomic E-state index is -0.953. The first kappa shape index (κ1) is 18.8. The average molecular weight is 401 g/mol. The molecule has 0 bridgehead atoms. The number of carboxylic acid groups (broad SMARTS) is 1. The smallest absolute Gasteiger partial charge is 0.335 e. The molecule has 3 aromatic rings. The van der Waals surface area contributed by atoms with Crippen molar-refractivity contribution in [2.45, 2.75) is 18.9 Å². The van der Waals surface area contributed by atoms with E-state index in [1.807, 2.05) is 47.4 Å². The maximum Gasteiger partial charge on any atom is 0.335 e. The molecule has 5 heteroatoms. The van der Waals surface area contributed by atoms with Gasteiger partial charge in [-0.05, 0) is 58.9 Å². The Labute approximate surface area is 174 Å². The van der Waals surface area contributed by atoms with Crippen LogP contribution < -0.4 is 0 Å². The van der Waals surface area contributed by atoms with Crippen LogP contribution in [0.15, 0.2) is 60.7 Å². The summed E-state index contributed by atoms with van der Waals surface area (Å²) in [6, 6.07) is 18.5. The molecule has 1 saturated heterocycles. The van der Waals surface area contributed by atoms with Gasteiger partial charge in [-0.2, -0.15) is 0 Å². The van der Waals surface area contributed by atoms with Crippen LogP contribution in [0.2, 0.25) is 0 Å². The second kappa shape index (κ2) is 7.58. The van der Waals surface area contributed by atoms with E-state index in [9.17, 15) is 14.7 Å². The van der Waals surface area contributed by atoms with Gasteiger partial charge in [0.05, 0.1) is 18.3 Å². The van der Waals surface area contributed by atoms with Gasteiger partial charge in [0.1, 0.15) is 0 Å². The van der Waals surface area contributed by atoms with Gasteiger partial charge in [0, 0.05) is 18.7 Å². The second-order valence-electron chi connectivity index (χ2n) is 8.09. The number of hydrogen-bond donors (Lipinski definition) is 1. The van der Waals surface area contributed by atoms with E-state index in [2.05, 4.69) is 0 Å². The highest BCUT2D eigenvalue weighted by Gasteiger charge is 2.36. The minimum Gasteiger partial charge on any atom is -0.478 e. The summed E-state index contributed by atoms with van der Waals surface area (Å²) >= 11 is 0. The van der Waals surface area contributed by atoms with Gasteiger partial charge < -0.3 is 14.7 Å². The number of hydrogen-bond acceptors (Lipinski definition) is 3. The van der Waals surface area contributed by atoms with Gasteiger partial charge in [-0.25, -0.2) is 4.79 Å². The number of rotatable bonds is 4. The number of carbonyl (C=O) groups is 2. The Morgan fingerprint density at radius 3 is 2.53 bits per heavy atom. The third kappa shape index (κ3) is 3.46. The summed E-state index contributed by atoms with van der Waals surface area (Å²) in [7, 11) is 0. The molecule has 2 fully saturated rings. The van der Waals surface area contributed by atoms with Gasteiger partial charge in [-0.1, -0.05) is 42.5 Å². The van der Waals surface area contributed by atoms with Gasteiger partial charge in [0.25, 0.3) is 5.91 Å². The molecule has 30 heavy (non-hydrogen) atoms. The Kier molecular flexibility index (Phi) is 4.75. The van der Waals surface area contributed by atoms with Gasteiger partial charge in [0.2, 0.25) is 0 Å². The van der Waals surface area contributed by atoms with Crippen LogP contribution >= 0.6 is 0 Å². The van der Waals surface area contributed by atoms with E-state index in [4.69, 9.17) is 4.74 Å². The minimum absolute atomic E-state index is 0.0333. The Hall–Kier alpha value is -3.18. The number of ether oxygens (including phenoxy) is 1. The predicted molar refractivity (Wildman–Crippen MR) is 115 cm³/mol. The number of carbonyl (C=O) groups excluding carboxylic acids is 1. The molecule has 1 amide bonds. The SMILES string of the molecule is O=C(O)c1cccc(-c2cccc3c(C(=O)N4CCOC(C5CC5)C4)cccc23)c1. The summed E-state index contributed by atoms with van der Waals surface area (Å²) in [5.41, 5.74) is 2.67. The Morgan fingerprint density at radius 2 is 1.73 bits per heavy atom. The molecule has 2 aliphatic rings. The molecule has 5 rings (SSSR count). The first-order valence-corrected chi connectivity index (χ1v) is 10.4. The molecule has 3 aromatic carbocycles. The number of carboxylic acids is 1. The van der Waals surface area contributed by atoms with E-state index in [1.54, 1.807) is 18.2 Å². The van der Waals surface area contributed by atoms with Crippen LogP contribution in [-0.2, 0) is 4.74 Å². The summed E-state index contributed by atoms with van der Waals surface area (Å²) < 4.78 is 5.87. The summed E-state index contributed by atoms with van der Waals surface area (Å²) in [6.07, 6.45) is 2.55. The first-order valence-electron chi connectivity index (χ1n) is 10.4. The van der Waals surface area contributed by atoms with Crippen LogP contribution in [0.1, 0.15) is 33.6 Å². The fourth-order valence-corrected chi connectivity index (χ4v) is 4.35. The van der Waals surface area contributed by atoms with Gasteiger partial charge in [-0.3, -0.25) is 4.79 Å². The van der Waals surface area contributed by atoms with Crippen LogP contribution in [0.25, 0.3) is 21.9 Å². The monoisotopic (exact) mass is 401 g/mol. The Morgan fingerprint density at radius 1 is 0.967 bits per heavy atom. The Bertz CT molecular complexity index is 1130. The third-order valence-electron chi connectivity index (χ3n) is 6.10. The molecular weight excluding hydrogens is 378 g/mol. The molecule has 1 unspecified atom stereocenters. The highest BCUT2D eigenvalue weighted by Crippen LogP contribution is 2.36. The van der Waals surface area contributed by atoms with Crippen LogP contribution in [-0.4, -0.2) is 47.7 Å². The fourth-order valence-electron chi connectivity index (χ4n) is 4.35. The van der Waals surface area contributed by atoms with E-state index >= 15 is 0 Å². The lowest BCUT2D eigenvalue weighted by molar-refractivity contribution is -0.0313. The molecule has 5 nitrogen and oxygen atoms in total. The predicted octanol–water partition coefficient (Wildman–Crippen LogP) is 4.46. The van der Waals surface area contributed by atoms with Crippen LogP contribution in [0, 0.1) is 5.92 Å². The summed E-state index contributed by atoms with van der Waals surface area (Å²) in [5, 5.41) is 11.2. The largest absolute Gasteiger partial charge is 0.478 e. The van der Waals surface area contributed by atoms with Crippen LogP contribution in [0.4, 0.5) is 0 Å². The summed E-state index contributed by atoms with van der Waals surface area (Å²) in [4.78, 5) is 26.7. The number of aromatic carboxylic acids is 1. The molecule has 0 spiro atoms. The zero-order valence-electron chi connectivity index (χ0n) is 16.6. The molecular formula is C25H23NO4. The quantitative estimate of drug-likeness (QED) is 0.701. The molecule has 0 aromatic heterocycles. The lowest BCUT2D eigenvalue weighted by atomic mass is 9.94. The summed E-state index contributed by atoms with van der Waals surface area (Å²) in [5.74, 6) is -0.322. The zero-order chi connectivity index (χ0) is 20.7. The van der Waals surface area contributed by atoms with Crippen molar-refractivity contribution in [1.29, 1.82) is 0 Å². The van der Waals surface area contributed by atoms with Crippen molar-refractivity contribution in [3.05, 3.63) is 71.8 Å². The van der Waals surface area contributed by atoms with Crippen LogP contribution in [0.5, 0.6) is 0 Å². The van der Waals surface area contributed by atoms with E-state index in [0.29, 0.717) is 31.2 Å². The van der Waals surface area contributed by atoms with E-state index in [1.165, 1.54) is 12.8 Å². The van der Waals surface area contributed by atoms with Crippen molar-refractivity contribution in [2.24, 2.45) is 5.92 Å². The maximum absolute atomic E-state index is 13.4. The summed E-state index contributed by atoms with van der Waals surface area (Å²) in [6.45, 7) is 1.85. The first-order chi connectivity index (χ1) is 14.6. The highest BCUT2D eigenvalue weighted by atomic mass is 16.5. The standard InChI is InChI=1S/C25H23NO4/c27-24(26-12-13-30-23(15-26)16-10-11-16)22-9-3-7-20-19(6-2-8-21(20)22)17-4-1-5-18(14-17)25(28)29/h1-9,14,16,23H,10-13,15H2,(H,28,29). The number of nitrogens with zero attached hydrogens (tertiary/aromatic N) is 1. The molecule has 1 heterocycles. The fraction of sp³-hybridized carbons (Fsp3) is 0.280. The second-order valence-corrected chi connectivity index (χ2v) is 8.09. The molecule has 152 valence electrons. The number of morpholine rings is 1. The van der Waals surface area contributed by atoms with Crippen molar-refractivity contribution in [3.8, 4) is 11.1 Å². The van der Waals surface area contributed by atoms with Crippen molar-refractivity contribution >= 4 is 22.6 Å². The van der Waals surface area contributed by atoms with E-state index in [0.717, 1.165) is 21.9 Å². The third-order valence-corrected chi connectivity index (χ3v) is 6.10. The van der Waals surface area contributed by atoms with E-state index in [-0.39, 0.29) is 17.6 Å². The highest BCUT2D eigenvalue weighted by molar-refractivity contribution is 6.10. The number of amides is 1. The van der Waals surface area contributed by atoms with Crippen molar-refractivity contribution < 1.29 is 19.4 Å².